The van der Waals surface area contributed by atoms with E-state index < -0.39 is 0 Å². The smallest absolute Gasteiger partial charge is 0.0638 e. The Hall–Kier alpha value is -0.850. The van der Waals surface area contributed by atoms with Crippen molar-refractivity contribution in [3.63, 3.8) is 0 Å². The molecule has 0 heterocycles. The average molecular weight is 267 g/mol. The van der Waals surface area contributed by atoms with E-state index in [-0.39, 0.29) is 12.1 Å². The Balaban J connectivity index is 2.61. The molecular formula is C12H15BrN2. The minimum absolute atomic E-state index is 0.226. The summed E-state index contributed by atoms with van der Waals surface area (Å²) in [6.07, 6.45) is 0.540. The first-order chi connectivity index (χ1) is 7.13. The minimum Gasteiger partial charge on any atom is -0.307 e. The molecule has 0 bridgehead atoms. The van der Waals surface area contributed by atoms with Crippen LogP contribution in [0.5, 0.6) is 0 Å². The molecular weight excluding hydrogens is 252 g/mol. The molecule has 0 fully saturated rings. The van der Waals surface area contributed by atoms with Crippen LogP contribution in [0.3, 0.4) is 0 Å². The van der Waals surface area contributed by atoms with Gasteiger partial charge in [-0.25, -0.2) is 0 Å². The third-order valence-corrected chi connectivity index (χ3v) is 2.77. The lowest BCUT2D eigenvalue weighted by Gasteiger charge is -2.18. The molecule has 0 aliphatic heterocycles. The van der Waals surface area contributed by atoms with E-state index >= 15 is 0 Å². The highest BCUT2D eigenvalue weighted by atomic mass is 79.9. The van der Waals surface area contributed by atoms with E-state index in [0.717, 1.165) is 4.47 Å². The number of hydrogen-bond donors (Lipinski definition) is 1. The largest absolute Gasteiger partial charge is 0.307 e. The molecule has 1 aromatic rings. The summed E-state index contributed by atoms with van der Waals surface area (Å²) in [6, 6.07) is 10.9. The lowest BCUT2D eigenvalue weighted by atomic mass is 10.1. The number of nitrogens with zero attached hydrogens (tertiary/aromatic N) is 1. The second-order valence-corrected chi connectivity index (χ2v) is 4.62. The van der Waals surface area contributed by atoms with E-state index in [4.69, 9.17) is 5.26 Å². The summed E-state index contributed by atoms with van der Waals surface area (Å²) in [4.78, 5) is 0. The van der Waals surface area contributed by atoms with Crippen LogP contribution >= 0.6 is 15.9 Å². The van der Waals surface area contributed by atoms with E-state index in [1.54, 1.807) is 0 Å². The van der Waals surface area contributed by atoms with Crippen LogP contribution < -0.4 is 5.32 Å². The van der Waals surface area contributed by atoms with Gasteiger partial charge in [0, 0.05) is 16.6 Å². The van der Waals surface area contributed by atoms with Gasteiger partial charge in [-0.3, -0.25) is 0 Å². The molecule has 2 nitrogen and oxygen atoms in total. The van der Waals surface area contributed by atoms with Crippen LogP contribution in [-0.2, 0) is 0 Å². The summed E-state index contributed by atoms with van der Waals surface area (Å²) in [6.45, 7) is 4.13. The first kappa shape index (κ1) is 12.2. The number of halogens is 1. The van der Waals surface area contributed by atoms with Crippen molar-refractivity contribution in [2.24, 2.45) is 0 Å². The monoisotopic (exact) mass is 266 g/mol. The van der Waals surface area contributed by atoms with Crippen molar-refractivity contribution < 1.29 is 0 Å². The lowest BCUT2D eigenvalue weighted by Crippen LogP contribution is -2.28. The Morgan fingerprint density at radius 2 is 2.20 bits per heavy atom. The summed E-state index contributed by atoms with van der Waals surface area (Å²) in [5.41, 5.74) is 1.23. The molecule has 3 heteroatoms. The van der Waals surface area contributed by atoms with E-state index in [0.29, 0.717) is 6.42 Å². The number of hydrogen-bond acceptors (Lipinski definition) is 2. The molecule has 0 amide bonds. The third-order valence-electron chi connectivity index (χ3n) is 2.28. The third kappa shape index (κ3) is 4.03. The summed E-state index contributed by atoms with van der Waals surface area (Å²) in [7, 11) is 0. The number of benzene rings is 1. The predicted molar refractivity (Wildman–Crippen MR) is 65.4 cm³/mol. The molecule has 0 aliphatic rings. The second kappa shape index (κ2) is 5.89. The second-order valence-electron chi connectivity index (χ2n) is 3.71. The van der Waals surface area contributed by atoms with Gasteiger partial charge in [-0.05, 0) is 31.5 Å². The molecule has 1 rings (SSSR count). The first-order valence-corrected chi connectivity index (χ1v) is 5.81. The zero-order valence-electron chi connectivity index (χ0n) is 9.00. The van der Waals surface area contributed by atoms with Gasteiger partial charge in [0.15, 0.2) is 0 Å². The Bertz CT molecular complexity index is 357. The zero-order valence-corrected chi connectivity index (χ0v) is 10.6. The van der Waals surface area contributed by atoms with Crippen LogP contribution in [0.4, 0.5) is 0 Å². The van der Waals surface area contributed by atoms with Gasteiger partial charge in [-0.2, -0.15) is 5.26 Å². The molecule has 0 saturated heterocycles. The van der Waals surface area contributed by atoms with Crippen LogP contribution in [0.1, 0.15) is 31.9 Å². The predicted octanol–water partition coefficient (Wildman–Crippen LogP) is 3.40. The van der Waals surface area contributed by atoms with Gasteiger partial charge in [0.05, 0.1) is 12.5 Å². The summed E-state index contributed by atoms with van der Waals surface area (Å²) in [5, 5.41) is 11.9. The Morgan fingerprint density at radius 3 is 2.80 bits per heavy atom. The van der Waals surface area contributed by atoms with Crippen LogP contribution in [0, 0.1) is 11.3 Å². The fraction of sp³-hybridized carbons (Fsp3) is 0.417. The highest BCUT2D eigenvalue weighted by molar-refractivity contribution is 9.10. The van der Waals surface area contributed by atoms with E-state index in [9.17, 15) is 0 Å². The van der Waals surface area contributed by atoms with Crippen molar-refractivity contribution in [2.45, 2.75) is 32.4 Å². The number of nitrogens with one attached hydrogen (secondary N) is 1. The molecule has 15 heavy (non-hydrogen) atoms. The fourth-order valence-corrected chi connectivity index (χ4v) is 1.91. The molecule has 2 unspecified atom stereocenters. The normalized spacial score (nSPS) is 14.3. The van der Waals surface area contributed by atoms with Crippen LogP contribution in [0.2, 0.25) is 0 Å². The highest BCUT2D eigenvalue weighted by Gasteiger charge is 2.08. The van der Waals surface area contributed by atoms with Gasteiger partial charge < -0.3 is 5.32 Å². The molecule has 80 valence electrons. The van der Waals surface area contributed by atoms with Crippen molar-refractivity contribution in [1.29, 1.82) is 5.26 Å². The maximum absolute atomic E-state index is 8.57. The lowest BCUT2D eigenvalue weighted by molar-refractivity contribution is 0.485. The summed E-state index contributed by atoms with van der Waals surface area (Å²) < 4.78 is 1.08. The van der Waals surface area contributed by atoms with Crippen molar-refractivity contribution >= 4 is 15.9 Å². The summed E-state index contributed by atoms with van der Waals surface area (Å²) in [5.74, 6) is 0. The first-order valence-electron chi connectivity index (χ1n) is 5.02. The van der Waals surface area contributed by atoms with Gasteiger partial charge in [0.25, 0.3) is 0 Å². The maximum atomic E-state index is 8.57. The molecule has 0 aromatic heterocycles. The van der Waals surface area contributed by atoms with Gasteiger partial charge in [-0.1, -0.05) is 28.1 Å². The highest BCUT2D eigenvalue weighted by Crippen LogP contribution is 2.18. The average Bonchev–Trinajstić information content (AvgIpc) is 2.18. The molecule has 2 atom stereocenters. The van der Waals surface area contributed by atoms with Crippen molar-refractivity contribution in [3.05, 3.63) is 34.3 Å². The zero-order chi connectivity index (χ0) is 11.3. The Morgan fingerprint density at radius 1 is 1.47 bits per heavy atom. The Kier molecular flexibility index (Phi) is 4.80. The van der Waals surface area contributed by atoms with Gasteiger partial charge in [0.2, 0.25) is 0 Å². The van der Waals surface area contributed by atoms with Gasteiger partial charge in [-0.15, -0.1) is 0 Å². The van der Waals surface area contributed by atoms with Crippen molar-refractivity contribution in [2.75, 3.05) is 0 Å². The molecule has 1 N–H and O–H groups in total. The molecule has 0 radical (unpaired) electrons. The molecule has 0 spiro atoms. The molecule has 0 saturated carbocycles. The topological polar surface area (TPSA) is 35.8 Å². The number of rotatable bonds is 4. The van der Waals surface area contributed by atoms with Crippen LogP contribution in [0.15, 0.2) is 28.7 Å². The SMILES string of the molecule is CC(CC#N)NC(C)c1cccc(Br)c1. The summed E-state index contributed by atoms with van der Waals surface area (Å²) >= 11 is 3.45. The van der Waals surface area contributed by atoms with E-state index in [1.807, 2.05) is 19.1 Å². The van der Waals surface area contributed by atoms with Gasteiger partial charge in [0.1, 0.15) is 0 Å². The van der Waals surface area contributed by atoms with Crippen molar-refractivity contribution in [3.8, 4) is 6.07 Å². The van der Waals surface area contributed by atoms with E-state index in [1.165, 1.54) is 5.56 Å². The minimum atomic E-state index is 0.226. The fourth-order valence-electron chi connectivity index (χ4n) is 1.49. The molecule has 1 aromatic carbocycles. The Labute approximate surface area is 99.4 Å². The van der Waals surface area contributed by atoms with Gasteiger partial charge >= 0.3 is 0 Å². The van der Waals surface area contributed by atoms with Crippen molar-refractivity contribution in [1.82, 2.24) is 5.32 Å². The quantitative estimate of drug-likeness (QED) is 0.907. The number of nitriles is 1. The van der Waals surface area contributed by atoms with E-state index in [2.05, 4.69) is 46.4 Å². The van der Waals surface area contributed by atoms with Crippen LogP contribution in [0.25, 0.3) is 0 Å². The standard InChI is InChI=1S/C12H15BrN2/c1-9(6-7-14)15-10(2)11-4-3-5-12(13)8-11/h3-5,8-10,15H,6H2,1-2H3. The van der Waals surface area contributed by atoms with Crippen LogP contribution in [-0.4, -0.2) is 6.04 Å². The molecule has 0 aliphatic carbocycles. The maximum Gasteiger partial charge on any atom is 0.0638 e.